The monoisotopic (exact) mass is 187 g/mol. The van der Waals surface area contributed by atoms with Gasteiger partial charge in [-0.25, -0.2) is 6.57 Å². The molecule has 0 aliphatic heterocycles. The van der Waals surface area contributed by atoms with E-state index in [4.69, 9.17) is 6.57 Å². The van der Waals surface area contributed by atoms with Crippen LogP contribution in [0.2, 0.25) is 0 Å². The summed E-state index contributed by atoms with van der Waals surface area (Å²) < 4.78 is 26.5. The second kappa shape index (κ2) is 3.61. The van der Waals surface area contributed by atoms with Gasteiger partial charge in [0.05, 0.1) is 0 Å². The molecule has 0 aromatic rings. The van der Waals surface area contributed by atoms with Crippen molar-refractivity contribution in [3.05, 3.63) is 11.4 Å². The smallest absolute Gasteiger partial charge is 0.304 e. The molecule has 0 unspecified atom stereocenters. The molecule has 0 heterocycles. The molecule has 1 saturated carbocycles. The van der Waals surface area contributed by atoms with Gasteiger partial charge in [-0.1, -0.05) is 12.8 Å². The van der Waals surface area contributed by atoms with Gasteiger partial charge in [-0.15, -0.1) is 0 Å². The predicted molar refractivity (Wildman–Crippen MR) is 47.7 cm³/mol. The summed E-state index contributed by atoms with van der Waals surface area (Å²) in [5.74, 6) is -2.85. The molecule has 0 bridgehead atoms. The zero-order chi connectivity index (χ0) is 9.95. The summed E-state index contributed by atoms with van der Waals surface area (Å²) >= 11 is 0. The van der Waals surface area contributed by atoms with Crippen LogP contribution in [0.4, 0.5) is 8.78 Å². The third kappa shape index (κ3) is 1.99. The van der Waals surface area contributed by atoms with E-state index in [2.05, 4.69) is 4.85 Å². The normalized spacial score (nSPS) is 23.2. The van der Waals surface area contributed by atoms with Crippen LogP contribution in [0.3, 0.4) is 0 Å². The highest BCUT2D eigenvalue weighted by atomic mass is 19.3. The highest BCUT2D eigenvalue weighted by molar-refractivity contribution is 5.07. The van der Waals surface area contributed by atoms with E-state index >= 15 is 0 Å². The summed E-state index contributed by atoms with van der Waals surface area (Å²) in [7, 11) is 0. The standard InChI is InChI=1S/C10H15F2N/c1-9(11,12)10(13-2)7-5-3-4-6-8-10/h3-8H2,1H3. The second-order valence-corrected chi connectivity index (χ2v) is 3.95. The largest absolute Gasteiger partial charge is 0.320 e. The van der Waals surface area contributed by atoms with Crippen molar-refractivity contribution in [3.8, 4) is 0 Å². The first-order valence-electron chi connectivity index (χ1n) is 4.78. The second-order valence-electron chi connectivity index (χ2n) is 3.95. The Kier molecular flexibility index (Phi) is 2.90. The maximum absolute atomic E-state index is 13.2. The number of nitrogens with zero attached hydrogens (tertiary/aromatic N) is 1. The van der Waals surface area contributed by atoms with Crippen LogP contribution < -0.4 is 0 Å². The number of alkyl halides is 2. The van der Waals surface area contributed by atoms with Crippen molar-refractivity contribution in [1.29, 1.82) is 0 Å². The van der Waals surface area contributed by atoms with Crippen molar-refractivity contribution in [2.45, 2.75) is 56.9 Å². The first kappa shape index (κ1) is 10.4. The topological polar surface area (TPSA) is 4.36 Å². The molecule has 13 heavy (non-hydrogen) atoms. The van der Waals surface area contributed by atoms with Crippen molar-refractivity contribution < 1.29 is 8.78 Å². The molecule has 3 heteroatoms. The molecule has 0 saturated heterocycles. The average Bonchev–Trinajstić information content (AvgIpc) is 2.27. The first-order chi connectivity index (χ1) is 6.02. The molecule has 0 aromatic heterocycles. The van der Waals surface area contributed by atoms with Gasteiger partial charge in [-0.2, -0.15) is 8.78 Å². The van der Waals surface area contributed by atoms with E-state index in [9.17, 15) is 8.78 Å². The van der Waals surface area contributed by atoms with E-state index in [1.165, 1.54) is 0 Å². The first-order valence-corrected chi connectivity index (χ1v) is 4.78. The van der Waals surface area contributed by atoms with Crippen LogP contribution in [-0.2, 0) is 0 Å². The van der Waals surface area contributed by atoms with Crippen LogP contribution in [-0.4, -0.2) is 11.5 Å². The predicted octanol–water partition coefficient (Wildman–Crippen LogP) is 3.65. The molecule has 74 valence electrons. The molecule has 0 atom stereocenters. The van der Waals surface area contributed by atoms with Gasteiger partial charge in [-0.3, -0.25) is 0 Å². The van der Waals surface area contributed by atoms with Gasteiger partial charge in [0, 0.05) is 19.8 Å². The van der Waals surface area contributed by atoms with E-state index in [-0.39, 0.29) is 0 Å². The van der Waals surface area contributed by atoms with E-state index in [0.29, 0.717) is 12.8 Å². The summed E-state index contributed by atoms with van der Waals surface area (Å²) in [6.45, 7) is 7.83. The van der Waals surface area contributed by atoms with E-state index < -0.39 is 11.5 Å². The Labute approximate surface area is 78.0 Å². The van der Waals surface area contributed by atoms with E-state index in [1.807, 2.05) is 0 Å². The Bertz CT molecular complexity index is 204. The third-order valence-corrected chi connectivity index (χ3v) is 2.96. The molecule has 0 amide bonds. The highest BCUT2D eigenvalue weighted by Gasteiger charge is 2.56. The lowest BCUT2D eigenvalue weighted by atomic mass is 9.85. The highest BCUT2D eigenvalue weighted by Crippen LogP contribution is 2.42. The maximum Gasteiger partial charge on any atom is 0.320 e. The van der Waals surface area contributed by atoms with Crippen LogP contribution in [0.15, 0.2) is 0 Å². The third-order valence-electron chi connectivity index (χ3n) is 2.96. The molecule has 1 rings (SSSR count). The zero-order valence-corrected chi connectivity index (χ0v) is 7.95. The molecule has 1 nitrogen and oxygen atoms in total. The van der Waals surface area contributed by atoms with Crippen molar-refractivity contribution in [2.24, 2.45) is 0 Å². The molecular weight excluding hydrogens is 172 g/mol. The van der Waals surface area contributed by atoms with Gasteiger partial charge in [0.25, 0.3) is 5.54 Å². The number of halogens is 2. The average molecular weight is 187 g/mol. The van der Waals surface area contributed by atoms with Crippen LogP contribution in [0.5, 0.6) is 0 Å². The Morgan fingerprint density at radius 2 is 1.62 bits per heavy atom. The van der Waals surface area contributed by atoms with Crippen LogP contribution >= 0.6 is 0 Å². The van der Waals surface area contributed by atoms with Crippen molar-refractivity contribution in [1.82, 2.24) is 0 Å². The fraction of sp³-hybridized carbons (Fsp3) is 0.900. The Morgan fingerprint density at radius 1 is 1.15 bits per heavy atom. The summed E-state index contributed by atoms with van der Waals surface area (Å²) in [6.07, 6.45) is 4.25. The molecule has 0 spiro atoms. The minimum atomic E-state index is -2.85. The number of rotatable bonds is 1. The summed E-state index contributed by atoms with van der Waals surface area (Å²) in [5, 5.41) is 0. The van der Waals surface area contributed by atoms with Gasteiger partial charge in [-0.05, 0) is 12.8 Å². The van der Waals surface area contributed by atoms with Gasteiger partial charge in [0.2, 0.25) is 0 Å². The zero-order valence-electron chi connectivity index (χ0n) is 7.95. The van der Waals surface area contributed by atoms with Crippen LogP contribution in [0.1, 0.15) is 45.4 Å². The van der Waals surface area contributed by atoms with Gasteiger partial charge in [0.1, 0.15) is 0 Å². The van der Waals surface area contributed by atoms with Gasteiger partial charge >= 0.3 is 5.92 Å². The molecule has 0 N–H and O–H groups in total. The molecule has 1 fully saturated rings. The van der Waals surface area contributed by atoms with Crippen LogP contribution in [0.25, 0.3) is 4.85 Å². The lowest BCUT2D eigenvalue weighted by Gasteiger charge is -2.26. The molecule has 0 radical (unpaired) electrons. The molecule has 0 aromatic carbocycles. The fourth-order valence-corrected chi connectivity index (χ4v) is 1.96. The lowest BCUT2D eigenvalue weighted by molar-refractivity contribution is -0.0457. The summed E-state index contributed by atoms with van der Waals surface area (Å²) in [5.41, 5.74) is -1.40. The number of hydrogen-bond donors (Lipinski definition) is 0. The number of hydrogen-bond acceptors (Lipinski definition) is 0. The molecule has 1 aliphatic rings. The SMILES string of the molecule is [C-]#[N+]C1(C(C)(F)F)CCCCCC1. The quantitative estimate of drug-likeness (QED) is 0.436. The summed E-state index contributed by atoms with van der Waals surface area (Å²) in [6, 6.07) is 0. The fourth-order valence-electron chi connectivity index (χ4n) is 1.96. The van der Waals surface area contributed by atoms with Crippen molar-refractivity contribution in [3.63, 3.8) is 0 Å². The minimum absolute atomic E-state index is 0.361. The van der Waals surface area contributed by atoms with E-state index in [0.717, 1.165) is 32.6 Å². The minimum Gasteiger partial charge on any atom is -0.304 e. The van der Waals surface area contributed by atoms with Crippen molar-refractivity contribution in [2.75, 3.05) is 0 Å². The van der Waals surface area contributed by atoms with Gasteiger partial charge in [0.15, 0.2) is 0 Å². The van der Waals surface area contributed by atoms with Crippen molar-refractivity contribution >= 4 is 0 Å². The van der Waals surface area contributed by atoms with Crippen LogP contribution in [0, 0.1) is 6.57 Å². The lowest BCUT2D eigenvalue weighted by Crippen LogP contribution is -2.42. The van der Waals surface area contributed by atoms with Gasteiger partial charge < -0.3 is 4.85 Å². The van der Waals surface area contributed by atoms with E-state index in [1.54, 1.807) is 0 Å². The molecule has 1 aliphatic carbocycles. The Hall–Kier alpha value is -0.650. The Morgan fingerprint density at radius 3 is 1.92 bits per heavy atom. The summed E-state index contributed by atoms with van der Waals surface area (Å²) in [4.78, 5) is 3.21. The molecular formula is C10H15F2N. The maximum atomic E-state index is 13.2. The Balaban J connectivity index is 2.85.